The molecule has 1 amide bonds. The number of halogens is 1. The van der Waals surface area contributed by atoms with Crippen LogP contribution in [0.15, 0.2) is 50.4 Å². The Balaban J connectivity index is 1.70. The molecular formula is C21H18BrN3O8. The van der Waals surface area contributed by atoms with Crippen molar-refractivity contribution in [3.8, 4) is 11.5 Å². The molecular weight excluding hydrogens is 502 g/mol. The lowest BCUT2D eigenvalue weighted by molar-refractivity contribution is -0.384. The van der Waals surface area contributed by atoms with Crippen LogP contribution >= 0.6 is 15.9 Å². The van der Waals surface area contributed by atoms with E-state index in [0.29, 0.717) is 32.5 Å². The van der Waals surface area contributed by atoms with Crippen molar-refractivity contribution >= 4 is 50.7 Å². The van der Waals surface area contributed by atoms with Crippen molar-refractivity contribution in [3.05, 3.63) is 62.3 Å². The maximum absolute atomic E-state index is 12.3. The first-order valence-corrected chi connectivity index (χ1v) is 10.3. The zero-order valence-electron chi connectivity index (χ0n) is 17.5. The van der Waals surface area contributed by atoms with Gasteiger partial charge in [-0.1, -0.05) is 0 Å². The lowest BCUT2D eigenvalue weighted by Gasteiger charge is -2.12. The highest BCUT2D eigenvalue weighted by Crippen LogP contribution is 2.33. The number of nitrogens with zero attached hydrogens (tertiary/aromatic N) is 2. The number of esters is 1. The van der Waals surface area contributed by atoms with Crippen molar-refractivity contribution < 1.29 is 33.1 Å². The molecule has 0 saturated carbocycles. The third-order valence-electron chi connectivity index (χ3n) is 4.24. The van der Waals surface area contributed by atoms with Crippen LogP contribution in [-0.2, 0) is 9.53 Å². The largest absolute Gasteiger partial charge is 0.493 e. The number of hydrogen-bond acceptors (Lipinski definition) is 9. The molecule has 1 N–H and O–H groups in total. The van der Waals surface area contributed by atoms with Crippen molar-refractivity contribution in [3.63, 3.8) is 0 Å². The monoisotopic (exact) mass is 519 g/mol. The van der Waals surface area contributed by atoms with Crippen LogP contribution in [0.25, 0.3) is 11.0 Å². The molecule has 2 aromatic carbocycles. The van der Waals surface area contributed by atoms with Gasteiger partial charge in [0, 0.05) is 27.6 Å². The number of non-ortho nitro benzene ring substituents is 1. The molecule has 172 valence electrons. The van der Waals surface area contributed by atoms with Crippen LogP contribution in [0.2, 0.25) is 0 Å². The second kappa shape index (κ2) is 10.6. The SMILES string of the molecule is CCOC(=O)COc1cc(Br)c(/C=N/NC(=O)c2cc3cc([N+](=O)[O-])ccc3o2)cc1OC. The summed E-state index contributed by atoms with van der Waals surface area (Å²) >= 11 is 3.37. The maximum atomic E-state index is 12.3. The summed E-state index contributed by atoms with van der Waals surface area (Å²) in [5, 5.41) is 15.2. The Hall–Kier alpha value is -3.93. The first-order valence-electron chi connectivity index (χ1n) is 9.49. The van der Waals surface area contributed by atoms with Crippen LogP contribution in [0, 0.1) is 10.1 Å². The minimum absolute atomic E-state index is 0.0537. The number of nitro benzene ring substituents is 1. The number of hydrazone groups is 1. The second-order valence-corrected chi connectivity index (χ2v) is 7.26. The fraction of sp³-hybridized carbons (Fsp3) is 0.190. The molecule has 1 heterocycles. The highest BCUT2D eigenvalue weighted by molar-refractivity contribution is 9.10. The summed E-state index contributed by atoms with van der Waals surface area (Å²) in [5.41, 5.74) is 3.10. The molecule has 1 aromatic heterocycles. The molecule has 0 bridgehead atoms. The summed E-state index contributed by atoms with van der Waals surface area (Å²) in [4.78, 5) is 34.2. The summed E-state index contributed by atoms with van der Waals surface area (Å²) in [6.07, 6.45) is 1.37. The summed E-state index contributed by atoms with van der Waals surface area (Å²) < 4.78 is 21.5. The molecule has 0 atom stereocenters. The highest BCUT2D eigenvalue weighted by atomic mass is 79.9. The van der Waals surface area contributed by atoms with Crippen LogP contribution in [-0.4, -0.2) is 43.3 Å². The molecule has 0 spiro atoms. The average Bonchev–Trinajstić information content (AvgIpc) is 3.22. The van der Waals surface area contributed by atoms with E-state index in [0.717, 1.165) is 0 Å². The average molecular weight is 520 g/mol. The smallest absolute Gasteiger partial charge is 0.344 e. The number of ether oxygens (including phenoxy) is 3. The standard InChI is InChI=1S/C21H18BrN3O8/c1-3-31-20(26)11-32-18-9-15(22)13(8-17(18)30-2)10-23-24-21(27)19-7-12-6-14(25(28)29)4-5-16(12)33-19/h4-10H,3,11H2,1-2H3,(H,24,27)/b23-10+. The summed E-state index contributed by atoms with van der Waals surface area (Å²) in [7, 11) is 1.44. The number of nitrogens with one attached hydrogen (secondary N) is 1. The van der Waals surface area contributed by atoms with Crippen LogP contribution in [0.4, 0.5) is 5.69 Å². The van der Waals surface area contributed by atoms with Gasteiger partial charge in [-0.15, -0.1) is 0 Å². The van der Waals surface area contributed by atoms with E-state index in [9.17, 15) is 19.7 Å². The van der Waals surface area contributed by atoms with Crippen molar-refractivity contribution in [2.75, 3.05) is 20.3 Å². The third-order valence-corrected chi connectivity index (χ3v) is 4.92. The number of hydrogen-bond donors (Lipinski definition) is 1. The Morgan fingerprint density at radius 1 is 1.24 bits per heavy atom. The summed E-state index contributed by atoms with van der Waals surface area (Å²) in [5.74, 6) is -0.544. The van der Waals surface area contributed by atoms with Gasteiger partial charge in [-0.2, -0.15) is 5.10 Å². The van der Waals surface area contributed by atoms with E-state index < -0.39 is 16.8 Å². The van der Waals surface area contributed by atoms with Gasteiger partial charge in [0.25, 0.3) is 5.69 Å². The highest BCUT2D eigenvalue weighted by Gasteiger charge is 2.15. The van der Waals surface area contributed by atoms with E-state index in [2.05, 4.69) is 26.5 Å². The number of methoxy groups -OCH3 is 1. The molecule has 0 saturated heterocycles. The predicted octanol–water partition coefficient (Wildman–Crippen LogP) is 3.82. The van der Waals surface area contributed by atoms with Gasteiger partial charge < -0.3 is 18.6 Å². The minimum Gasteiger partial charge on any atom is -0.493 e. The summed E-state index contributed by atoms with van der Waals surface area (Å²) in [6, 6.07) is 8.60. The molecule has 3 aromatic rings. The Bertz CT molecular complexity index is 1240. The van der Waals surface area contributed by atoms with E-state index in [1.807, 2.05) is 0 Å². The number of nitro groups is 1. The molecule has 0 aliphatic rings. The van der Waals surface area contributed by atoms with Gasteiger partial charge in [0.1, 0.15) is 5.58 Å². The van der Waals surface area contributed by atoms with Gasteiger partial charge in [-0.05, 0) is 47.1 Å². The summed E-state index contributed by atoms with van der Waals surface area (Å²) in [6.45, 7) is 1.67. The Morgan fingerprint density at radius 3 is 2.73 bits per heavy atom. The molecule has 0 fully saturated rings. The Morgan fingerprint density at radius 2 is 2.03 bits per heavy atom. The quantitative estimate of drug-likeness (QED) is 0.194. The van der Waals surface area contributed by atoms with Crippen molar-refractivity contribution in [1.29, 1.82) is 0 Å². The number of furan rings is 1. The van der Waals surface area contributed by atoms with E-state index >= 15 is 0 Å². The molecule has 0 aliphatic heterocycles. The first-order chi connectivity index (χ1) is 15.8. The molecule has 0 aliphatic carbocycles. The topological polar surface area (TPSA) is 143 Å². The van der Waals surface area contributed by atoms with E-state index in [4.69, 9.17) is 18.6 Å². The number of amides is 1. The Kier molecular flexibility index (Phi) is 7.61. The lowest BCUT2D eigenvalue weighted by atomic mass is 10.2. The van der Waals surface area contributed by atoms with Gasteiger partial charge in [-0.3, -0.25) is 14.9 Å². The zero-order valence-corrected chi connectivity index (χ0v) is 19.1. The van der Waals surface area contributed by atoms with Crippen molar-refractivity contribution in [2.24, 2.45) is 5.10 Å². The van der Waals surface area contributed by atoms with Gasteiger partial charge in [-0.25, -0.2) is 10.2 Å². The van der Waals surface area contributed by atoms with Crippen molar-refractivity contribution in [2.45, 2.75) is 6.92 Å². The third kappa shape index (κ3) is 5.86. The van der Waals surface area contributed by atoms with Crippen LogP contribution in [0.3, 0.4) is 0 Å². The van der Waals surface area contributed by atoms with Gasteiger partial charge >= 0.3 is 11.9 Å². The van der Waals surface area contributed by atoms with Crippen LogP contribution < -0.4 is 14.9 Å². The van der Waals surface area contributed by atoms with E-state index in [-0.39, 0.29) is 24.7 Å². The van der Waals surface area contributed by atoms with Gasteiger partial charge in [0.2, 0.25) is 0 Å². The molecule has 12 heteroatoms. The van der Waals surface area contributed by atoms with Crippen LogP contribution in [0.5, 0.6) is 11.5 Å². The number of fused-ring (bicyclic) bond motifs is 1. The van der Waals surface area contributed by atoms with Gasteiger partial charge in [0.15, 0.2) is 23.9 Å². The Labute approximate surface area is 195 Å². The molecule has 0 radical (unpaired) electrons. The number of benzene rings is 2. The predicted molar refractivity (Wildman–Crippen MR) is 121 cm³/mol. The zero-order chi connectivity index (χ0) is 24.0. The molecule has 3 rings (SSSR count). The first kappa shape index (κ1) is 23.7. The molecule has 0 unspecified atom stereocenters. The number of carbonyl (C=O) groups excluding carboxylic acids is 2. The normalized spacial score (nSPS) is 10.9. The van der Waals surface area contributed by atoms with E-state index in [1.165, 1.54) is 37.6 Å². The number of carbonyl (C=O) groups is 2. The minimum atomic E-state index is -0.636. The van der Waals surface area contributed by atoms with Crippen LogP contribution in [0.1, 0.15) is 23.0 Å². The fourth-order valence-corrected chi connectivity index (χ4v) is 3.16. The fourth-order valence-electron chi connectivity index (χ4n) is 2.73. The second-order valence-electron chi connectivity index (χ2n) is 6.41. The molecule has 33 heavy (non-hydrogen) atoms. The maximum Gasteiger partial charge on any atom is 0.344 e. The van der Waals surface area contributed by atoms with Crippen molar-refractivity contribution in [1.82, 2.24) is 5.43 Å². The van der Waals surface area contributed by atoms with E-state index in [1.54, 1.807) is 19.1 Å². The van der Waals surface area contributed by atoms with Gasteiger partial charge in [0.05, 0.1) is 24.9 Å². The number of rotatable bonds is 9. The lowest BCUT2D eigenvalue weighted by Crippen LogP contribution is -2.17. The molecule has 11 nitrogen and oxygen atoms in total.